The first-order chi connectivity index (χ1) is 8.67. The van der Waals surface area contributed by atoms with Gasteiger partial charge in [-0.25, -0.2) is 4.98 Å². The van der Waals surface area contributed by atoms with Gasteiger partial charge in [-0.3, -0.25) is 0 Å². The Kier molecular flexibility index (Phi) is 4.33. The van der Waals surface area contributed by atoms with Crippen molar-refractivity contribution in [2.45, 2.75) is 16.8 Å². The average molecular weight is 281 g/mol. The molecule has 1 aromatic heterocycles. The van der Waals surface area contributed by atoms with Gasteiger partial charge in [-0.1, -0.05) is 23.4 Å². The number of ether oxygens (including phenoxy) is 1. The van der Waals surface area contributed by atoms with Crippen molar-refractivity contribution >= 4 is 29.1 Å². The minimum Gasteiger partial charge on any atom is -0.494 e. The lowest BCUT2D eigenvalue weighted by molar-refractivity contribution is 0.339. The van der Waals surface area contributed by atoms with Crippen LogP contribution in [0, 0.1) is 0 Å². The lowest BCUT2D eigenvalue weighted by atomic mass is 10.3. The number of nitrogens with two attached hydrogens (primary N) is 1. The second kappa shape index (κ2) is 5.98. The van der Waals surface area contributed by atoms with E-state index in [0.29, 0.717) is 17.3 Å². The summed E-state index contributed by atoms with van der Waals surface area (Å²) in [7, 11) is 0. The molecule has 0 fully saturated rings. The van der Waals surface area contributed by atoms with Crippen LogP contribution in [-0.2, 0) is 0 Å². The monoisotopic (exact) mass is 280 g/mol. The number of benzene rings is 1. The van der Waals surface area contributed by atoms with Gasteiger partial charge in [-0.2, -0.15) is 0 Å². The van der Waals surface area contributed by atoms with E-state index in [0.717, 1.165) is 15.7 Å². The highest BCUT2D eigenvalue weighted by Gasteiger charge is 2.03. The Labute approximate surface area is 115 Å². The van der Waals surface area contributed by atoms with E-state index >= 15 is 0 Å². The summed E-state index contributed by atoms with van der Waals surface area (Å²) in [5.41, 5.74) is 6.51. The minimum absolute atomic E-state index is 0.618. The van der Waals surface area contributed by atoms with Gasteiger partial charge in [0.05, 0.1) is 11.6 Å². The zero-order valence-electron chi connectivity index (χ0n) is 9.89. The second-order valence-corrected chi connectivity index (χ2v) is 5.12. The van der Waals surface area contributed by atoms with E-state index in [9.17, 15) is 0 Å². The Morgan fingerprint density at radius 2 is 2.17 bits per heavy atom. The van der Waals surface area contributed by atoms with Crippen molar-refractivity contribution in [3.63, 3.8) is 0 Å². The van der Waals surface area contributed by atoms with Crippen LogP contribution in [0.4, 0.5) is 5.69 Å². The lowest BCUT2D eigenvalue weighted by Crippen LogP contribution is -1.94. The maximum absolute atomic E-state index is 5.83. The Hall–Kier alpha value is -1.39. The molecule has 1 aromatic carbocycles. The first-order valence-electron chi connectivity index (χ1n) is 5.50. The van der Waals surface area contributed by atoms with E-state index in [1.165, 1.54) is 11.8 Å². The van der Waals surface area contributed by atoms with Crippen molar-refractivity contribution in [2.24, 2.45) is 0 Å². The molecule has 0 aliphatic heterocycles. The summed E-state index contributed by atoms with van der Waals surface area (Å²) in [5.74, 6) is 0.772. The summed E-state index contributed by atoms with van der Waals surface area (Å²) in [6.45, 7) is 2.56. The van der Waals surface area contributed by atoms with Crippen LogP contribution in [0.2, 0.25) is 5.02 Å². The normalized spacial score (nSPS) is 10.3. The van der Waals surface area contributed by atoms with Crippen molar-refractivity contribution in [3.8, 4) is 5.75 Å². The van der Waals surface area contributed by atoms with Crippen LogP contribution >= 0.6 is 23.4 Å². The number of halogens is 1. The van der Waals surface area contributed by atoms with Crippen molar-refractivity contribution in [1.29, 1.82) is 0 Å². The summed E-state index contributed by atoms with van der Waals surface area (Å²) < 4.78 is 5.45. The van der Waals surface area contributed by atoms with E-state index in [4.69, 9.17) is 22.1 Å². The number of pyridine rings is 1. The zero-order chi connectivity index (χ0) is 13.0. The molecule has 2 rings (SSSR count). The molecule has 0 saturated carbocycles. The molecule has 3 nitrogen and oxygen atoms in total. The van der Waals surface area contributed by atoms with Crippen LogP contribution in [0.25, 0.3) is 0 Å². The molecule has 0 aliphatic carbocycles. The molecular weight excluding hydrogens is 268 g/mol. The van der Waals surface area contributed by atoms with Gasteiger partial charge in [0, 0.05) is 22.8 Å². The van der Waals surface area contributed by atoms with Crippen LogP contribution in [-0.4, -0.2) is 11.6 Å². The molecule has 0 aliphatic rings. The number of anilines is 1. The van der Waals surface area contributed by atoms with Crippen LogP contribution < -0.4 is 10.5 Å². The Bertz CT molecular complexity index is 531. The molecular formula is C13H13ClN2OS. The van der Waals surface area contributed by atoms with Gasteiger partial charge in [0.15, 0.2) is 0 Å². The summed E-state index contributed by atoms with van der Waals surface area (Å²) in [4.78, 5) is 5.22. The summed E-state index contributed by atoms with van der Waals surface area (Å²) >= 11 is 7.32. The van der Waals surface area contributed by atoms with Crippen molar-refractivity contribution in [1.82, 2.24) is 4.98 Å². The predicted molar refractivity (Wildman–Crippen MR) is 75.4 cm³/mol. The number of nitrogen functional groups attached to an aromatic ring is 1. The molecule has 0 radical (unpaired) electrons. The molecule has 18 heavy (non-hydrogen) atoms. The molecule has 0 unspecified atom stereocenters. The topological polar surface area (TPSA) is 48.1 Å². The number of nitrogens with zero attached hydrogens (tertiary/aromatic N) is 1. The third-order valence-electron chi connectivity index (χ3n) is 2.14. The quantitative estimate of drug-likeness (QED) is 0.864. The van der Waals surface area contributed by atoms with Gasteiger partial charge in [0.2, 0.25) is 0 Å². The third-order valence-corrected chi connectivity index (χ3v) is 3.28. The van der Waals surface area contributed by atoms with Crippen molar-refractivity contribution in [3.05, 3.63) is 41.6 Å². The average Bonchev–Trinajstić information content (AvgIpc) is 2.32. The molecule has 0 atom stereocenters. The van der Waals surface area contributed by atoms with Gasteiger partial charge in [0.1, 0.15) is 10.8 Å². The number of aromatic nitrogens is 1. The largest absolute Gasteiger partial charge is 0.494 e. The van der Waals surface area contributed by atoms with E-state index in [2.05, 4.69) is 4.98 Å². The van der Waals surface area contributed by atoms with E-state index < -0.39 is 0 Å². The second-order valence-electron chi connectivity index (χ2n) is 3.59. The third kappa shape index (κ3) is 3.55. The molecule has 0 bridgehead atoms. The Morgan fingerprint density at radius 1 is 1.33 bits per heavy atom. The Balaban J connectivity index is 2.20. The van der Waals surface area contributed by atoms with Gasteiger partial charge >= 0.3 is 0 Å². The first-order valence-corrected chi connectivity index (χ1v) is 6.69. The fourth-order valence-corrected chi connectivity index (χ4v) is 2.41. The number of hydrogen-bond acceptors (Lipinski definition) is 4. The molecule has 2 aromatic rings. The van der Waals surface area contributed by atoms with Crippen molar-refractivity contribution in [2.75, 3.05) is 12.3 Å². The van der Waals surface area contributed by atoms with Gasteiger partial charge < -0.3 is 10.5 Å². The summed E-state index contributed by atoms with van der Waals surface area (Å²) in [6, 6.07) is 9.33. The SMILES string of the molecule is CCOc1cc(N)cc(Sc2ccc(Cl)cn2)c1. The molecule has 2 N–H and O–H groups in total. The van der Waals surface area contributed by atoms with Gasteiger partial charge in [-0.15, -0.1) is 0 Å². The highest BCUT2D eigenvalue weighted by Crippen LogP contribution is 2.31. The fourth-order valence-electron chi connectivity index (χ4n) is 1.45. The van der Waals surface area contributed by atoms with Crippen LogP contribution in [0.1, 0.15) is 6.92 Å². The molecule has 0 spiro atoms. The first kappa shape index (κ1) is 13.1. The minimum atomic E-state index is 0.618. The van der Waals surface area contributed by atoms with Gasteiger partial charge in [-0.05, 0) is 31.2 Å². The van der Waals surface area contributed by atoms with E-state index in [1.54, 1.807) is 6.20 Å². The predicted octanol–water partition coefficient (Wildman–Crippen LogP) is 3.87. The zero-order valence-corrected chi connectivity index (χ0v) is 11.5. The number of rotatable bonds is 4. The van der Waals surface area contributed by atoms with E-state index in [-0.39, 0.29) is 0 Å². The lowest BCUT2D eigenvalue weighted by Gasteiger charge is -2.07. The van der Waals surface area contributed by atoms with Crippen molar-refractivity contribution < 1.29 is 4.74 Å². The van der Waals surface area contributed by atoms with Crippen LogP contribution in [0.15, 0.2) is 46.5 Å². The molecule has 5 heteroatoms. The molecule has 1 heterocycles. The maximum atomic E-state index is 5.83. The molecule has 94 valence electrons. The fraction of sp³-hybridized carbons (Fsp3) is 0.154. The molecule has 0 saturated heterocycles. The summed E-state index contributed by atoms with van der Waals surface area (Å²) in [5, 5.41) is 1.49. The summed E-state index contributed by atoms with van der Waals surface area (Å²) in [6.07, 6.45) is 1.62. The standard InChI is InChI=1S/C13H13ClN2OS/c1-2-17-11-5-10(15)6-12(7-11)18-13-4-3-9(14)8-16-13/h3-8H,2,15H2,1H3. The smallest absolute Gasteiger partial charge is 0.122 e. The number of hydrogen-bond donors (Lipinski definition) is 1. The molecule has 0 amide bonds. The van der Waals surface area contributed by atoms with Gasteiger partial charge in [0.25, 0.3) is 0 Å². The highest BCUT2D eigenvalue weighted by atomic mass is 35.5. The highest BCUT2D eigenvalue weighted by molar-refractivity contribution is 7.99. The Morgan fingerprint density at radius 3 is 2.83 bits per heavy atom. The van der Waals surface area contributed by atoms with E-state index in [1.807, 2.05) is 37.3 Å². The van der Waals surface area contributed by atoms with Crippen LogP contribution in [0.5, 0.6) is 5.75 Å². The van der Waals surface area contributed by atoms with Crippen LogP contribution in [0.3, 0.4) is 0 Å². The maximum Gasteiger partial charge on any atom is 0.122 e.